The Balaban J connectivity index is 2.18. The smallest absolute Gasteiger partial charge is 0.460 e. The first-order chi connectivity index (χ1) is 10.2. The first kappa shape index (κ1) is 16.7. The maximum absolute atomic E-state index is 13.7. The van der Waals surface area contributed by atoms with E-state index >= 15 is 0 Å². The lowest BCUT2D eigenvalue weighted by atomic mass is 10.0. The second kappa shape index (κ2) is 5.88. The number of primary amides is 1. The standard InChI is InChI=1S/C12H17F2N3O5/c1-3-21-10(19)12(13,14)22-17-7-4-6(2)8(9(15)18)16(5-7)11(17)20/h4,7-8,11,20H,3,5H2,1-2H3,(H2,15,18)/t7-,8?,11?/m1/s1. The number of esters is 1. The van der Waals surface area contributed by atoms with Crippen LogP contribution in [0.1, 0.15) is 13.8 Å². The zero-order chi connectivity index (χ0) is 16.7. The second-order valence-corrected chi connectivity index (χ2v) is 5.01. The summed E-state index contributed by atoms with van der Waals surface area (Å²) in [6.45, 7) is 2.79. The molecule has 2 bridgehead atoms. The van der Waals surface area contributed by atoms with Crippen LogP contribution >= 0.6 is 0 Å². The molecule has 2 heterocycles. The van der Waals surface area contributed by atoms with Gasteiger partial charge in [-0.25, -0.2) is 14.5 Å². The Morgan fingerprint density at radius 1 is 1.55 bits per heavy atom. The van der Waals surface area contributed by atoms with Gasteiger partial charge in [0.2, 0.25) is 5.91 Å². The molecule has 0 spiro atoms. The number of hydrogen-bond donors (Lipinski definition) is 2. The largest absolute Gasteiger partial charge is 0.472 e. The molecule has 3 unspecified atom stereocenters. The molecule has 0 saturated carbocycles. The van der Waals surface area contributed by atoms with Gasteiger partial charge in [-0.2, -0.15) is 8.78 Å². The topological polar surface area (TPSA) is 105 Å². The molecule has 3 N–H and O–H groups in total. The number of carbonyl (C=O) groups is 2. The minimum atomic E-state index is -4.25. The number of nitrogens with two attached hydrogens (primary N) is 1. The predicted molar refractivity (Wildman–Crippen MR) is 67.7 cm³/mol. The fraction of sp³-hybridized carbons (Fsp3) is 0.667. The van der Waals surface area contributed by atoms with Gasteiger partial charge in [-0.05, 0) is 19.4 Å². The fourth-order valence-electron chi connectivity index (χ4n) is 2.62. The summed E-state index contributed by atoms with van der Waals surface area (Å²) in [6.07, 6.45) is -4.40. The summed E-state index contributed by atoms with van der Waals surface area (Å²) in [5.74, 6) is -2.57. The highest BCUT2D eigenvalue weighted by Gasteiger charge is 2.53. The molecule has 2 aliphatic rings. The van der Waals surface area contributed by atoms with E-state index in [0.29, 0.717) is 10.6 Å². The summed E-state index contributed by atoms with van der Waals surface area (Å²) < 4.78 is 31.5. The fourth-order valence-corrected chi connectivity index (χ4v) is 2.62. The average Bonchev–Trinajstić information content (AvgIpc) is 2.64. The third-order valence-electron chi connectivity index (χ3n) is 3.47. The Labute approximate surface area is 125 Å². The number of nitrogens with zero attached hydrogens (tertiary/aromatic N) is 2. The van der Waals surface area contributed by atoms with Crippen molar-refractivity contribution in [3.8, 4) is 0 Å². The third-order valence-corrected chi connectivity index (χ3v) is 3.47. The van der Waals surface area contributed by atoms with E-state index in [9.17, 15) is 23.5 Å². The van der Waals surface area contributed by atoms with Crippen molar-refractivity contribution in [3.63, 3.8) is 0 Å². The molecule has 0 aliphatic carbocycles. The SMILES string of the molecule is CCOC(=O)C(F)(F)ON1C(O)N2C[C@H]1C=C(C)C2C(N)=O. The number of alkyl halides is 2. The number of amides is 1. The minimum Gasteiger partial charge on any atom is -0.460 e. The molecule has 22 heavy (non-hydrogen) atoms. The van der Waals surface area contributed by atoms with Crippen molar-refractivity contribution in [2.75, 3.05) is 13.2 Å². The Kier molecular flexibility index (Phi) is 4.47. The second-order valence-electron chi connectivity index (χ2n) is 5.01. The van der Waals surface area contributed by atoms with Crippen LogP contribution in [-0.2, 0) is 19.2 Å². The molecule has 10 heteroatoms. The summed E-state index contributed by atoms with van der Waals surface area (Å²) in [6, 6.07) is -1.66. The van der Waals surface area contributed by atoms with Gasteiger partial charge >= 0.3 is 12.1 Å². The van der Waals surface area contributed by atoms with Crippen LogP contribution in [0.4, 0.5) is 8.78 Å². The van der Waals surface area contributed by atoms with Crippen LogP contribution in [0.5, 0.6) is 0 Å². The normalized spacial score (nSPS) is 31.8. The zero-order valence-corrected chi connectivity index (χ0v) is 12.0. The number of aliphatic hydroxyl groups excluding tert-OH is 1. The molecule has 2 rings (SSSR count). The van der Waals surface area contributed by atoms with Crippen LogP contribution in [0.15, 0.2) is 11.6 Å². The van der Waals surface area contributed by atoms with Crippen molar-refractivity contribution < 1.29 is 33.1 Å². The van der Waals surface area contributed by atoms with Gasteiger partial charge < -0.3 is 15.6 Å². The van der Waals surface area contributed by atoms with E-state index in [-0.39, 0.29) is 13.2 Å². The molecular weight excluding hydrogens is 304 g/mol. The first-order valence-electron chi connectivity index (χ1n) is 6.63. The Morgan fingerprint density at radius 3 is 2.73 bits per heavy atom. The molecule has 0 aromatic rings. The van der Waals surface area contributed by atoms with Crippen LogP contribution in [0, 0.1) is 0 Å². The van der Waals surface area contributed by atoms with Gasteiger partial charge in [0.1, 0.15) is 6.04 Å². The van der Waals surface area contributed by atoms with E-state index in [1.54, 1.807) is 6.92 Å². The maximum Gasteiger partial charge on any atom is 0.472 e. The molecule has 124 valence electrons. The number of rotatable bonds is 5. The number of aliphatic hydroxyl groups is 1. The number of hydroxylamine groups is 2. The summed E-state index contributed by atoms with van der Waals surface area (Å²) in [5.41, 5.74) is 5.76. The van der Waals surface area contributed by atoms with Gasteiger partial charge in [0.15, 0.2) is 6.35 Å². The third kappa shape index (κ3) is 2.82. The summed E-state index contributed by atoms with van der Waals surface area (Å²) in [5, 5.41) is 10.6. The predicted octanol–water partition coefficient (Wildman–Crippen LogP) is -0.850. The van der Waals surface area contributed by atoms with Gasteiger partial charge in [-0.1, -0.05) is 6.08 Å². The van der Waals surface area contributed by atoms with Crippen LogP contribution in [0.3, 0.4) is 0 Å². The summed E-state index contributed by atoms with van der Waals surface area (Å²) in [7, 11) is 0. The van der Waals surface area contributed by atoms with Crippen molar-refractivity contribution in [1.82, 2.24) is 9.96 Å². The van der Waals surface area contributed by atoms with E-state index in [4.69, 9.17) is 5.73 Å². The van der Waals surface area contributed by atoms with E-state index in [2.05, 4.69) is 9.57 Å². The molecule has 1 saturated heterocycles. The average molecular weight is 321 g/mol. The van der Waals surface area contributed by atoms with E-state index < -0.39 is 36.4 Å². The molecule has 1 amide bonds. The summed E-state index contributed by atoms with van der Waals surface area (Å²) in [4.78, 5) is 28.2. The zero-order valence-electron chi connectivity index (χ0n) is 12.0. The number of ether oxygens (including phenoxy) is 1. The monoisotopic (exact) mass is 321 g/mol. The molecule has 4 atom stereocenters. The molecule has 2 aliphatic heterocycles. The number of hydrogen-bond acceptors (Lipinski definition) is 7. The lowest BCUT2D eigenvalue weighted by Crippen LogP contribution is -2.51. The quantitative estimate of drug-likeness (QED) is 0.502. The summed E-state index contributed by atoms with van der Waals surface area (Å²) >= 11 is 0. The number of carbonyl (C=O) groups excluding carboxylic acids is 2. The molecular formula is C12H17F2N3O5. The van der Waals surface area contributed by atoms with Crippen LogP contribution in [0.2, 0.25) is 0 Å². The molecule has 1 fully saturated rings. The highest BCUT2D eigenvalue weighted by molar-refractivity contribution is 5.83. The van der Waals surface area contributed by atoms with Gasteiger partial charge in [-0.3, -0.25) is 4.79 Å². The van der Waals surface area contributed by atoms with E-state index in [0.717, 1.165) is 0 Å². The highest BCUT2D eigenvalue weighted by atomic mass is 19.3. The van der Waals surface area contributed by atoms with E-state index in [1.807, 2.05) is 0 Å². The number of halogens is 2. The first-order valence-corrected chi connectivity index (χ1v) is 6.63. The van der Waals surface area contributed by atoms with Gasteiger partial charge in [-0.15, -0.1) is 5.06 Å². The number of fused-ring (bicyclic) bond motifs is 2. The lowest BCUT2D eigenvalue weighted by Gasteiger charge is -2.30. The van der Waals surface area contributed by atoms with Crippen molar-refractivity contribution in [2.24, 2.45) is 5.73 Å². The molecule has 0 aromatic carbocycles. The minimum absolute atomic E-state index is 0.0605. The Morgan fingerprint density at radius 2 is 2.18 bits per heavy atom. The van der Waals surface area contributed by atoms with Crippen molar-refractivity contribution >= 4 is 11.9 Å². The van der Waals surface area contributed by atoms with Crippen LogP contribution < -0.4 is 5.73 Å². The Bertz CT molecular complexity index is 513. The van der Waals surface area contributed by atoms with Gasteiger partial charge in [0.25, 0.3) is 0 Å². The van der Waals surface area contributed by atoms with Crippen LogP contribution in [-0.4, -0.2) is 64.6 Å². The van der Waals surface area contributed by atoms with Crippen molar-refractivity contribution in [2.45, 2.75) is 38.4 Å². The van der Waals surface area contributed by atoms with Crippen LogP contribution in [0.25, 0.3) is 0 Å². The Hall–Kier alpha value is -1.62. The molecule has 8 nitrogen and oxygen atoms in total. The van der Waals surface area contributed by atoms with Crippen molar-refractivity contribution in [1.29, 1.82) is 0 Å². The molecule has 0 aromatic heterocycles. The maximum atomic E-state index is 13.7. The molecule has 0 radical (unpaired) electrons. The highest BCUT2D eigenvalue weighted by Crippen LogP contribution is 2.34. The lowest BCUT2D eigenvalue weighted by molar-refractivity contribution is -0.378. The van der Waals surface area contributed by atoms with Gasteiger partial charge in [0, 0.05) is 6.54 Å². The van der Waals surface area contributed by atoms with E-state index in [1.165, 1.54) is 17.9 Å². The van der Waals surface area contributed by atoms with Gasteiger partial charge in [0.05, 0.1) is 12.6 Å². The van der Waals surface area contributed by atoms with Crippen molar-refractivity contribution in [3.05, 3.63) is 11.6 Å².